The first-order valence-corrected chi connectivity index (χ1v) is 37.6. The zero-order valence-electron chi connectivity index (χ0n) is 62.0. The Labute approximate surface area is 615 Å². The molecule has 0 atom stereocenters. The van der Waals surface area contributed by atoms with Crippen LogP contribution in [-0.4, -0.2) is 15.8 Å². The fourth-order valence-electron chi connectivity index (χ4n) is 18.1. The van der Waals surface area contributed by atoms with Gasteiger partial charge in [-0.3, -0.25) is 0 Å². The molecule has 0 fully saturated rings. The third-order valence-electron chi connectivity index (χ3n) is 23.6. The topological polar surface area (TPSA) is 16.3 Å². The zero-order chi connectivity index (χ0) is 71.5. The van der Waals surface area contributed by atoms with Gasteiger partial charge in [0.2, 0.25) is 0 Å². The molecule has 0 N–H and O–H groups in total. The van der Waals surface area contributed by atoms with Gasteiger partial charge in [0.1, 0.15) is 0 Å². The van der Waals surface area contributed by atoms with Crippen molar-refractivity contribution in [2.75, 3.05) is 9.80 Å². The van der Waals surface area contributed by atoms with Gasteiger partial charge < -0.3 is 18.9 Å². The van der Waals surface area contributed by atoms with Crippen molar-refractivity contribution >= 4 is 165 Å². The maximum absolute atomic E-state index is 2.65. The molecule has 0 bridgehead atoms. The fourth-order valence-corrected chi connectivity index (χ4v) is 18.1. The smallest absolute Gasteiger partial charge is 0.252 e. The minimum absolute atomic E-state index is 0.0428. The van der Waals surface area contributed by atoms with E-state index in [4.69, 9.17) is 0 Å². The van der Waals surface area contributed by atoms with Crippen molar-refractivity contribution in [1.29, 1.82) is 0 Å². The summed E-state index contributed by atoms with van der Waals surface area (Å²) >= 11 is 0. The molecule has 2 aromatic heterocycles. The minimum atomic E-state index is -0.195. The molecule has 0 saturated heterocycles. The van der Waals surface area contributed by atoms with Crippen molar-refractivity contribution in [1.82, 2.24) is 9.13 Å². The number of rotatable bonds is 5. The van der Waals surface area contributed by atoms with Crippen LogP contribution in [0.2, 0.25) is 0 Å². The highest BCUT2D eigenvalue weighted by Gasteiger charge is 2.45. The Balaban J connectivity index is 0.917. The summed E-state index contributed by atoms with van der Waals surface area (Å²) in [4.78, 5) is 5.31. The molecule has 0 saturated carbocycles. The SMILES string of the molecule is CC(C)(C)c1ccc2c(c1)c1cc(C(C)(C)C)ccc1n2-c1ccc2c(c1)N(c1ccc3c4ccccc4c4ccccc4c3c1)c1cc(-c3ccccc3)cc3c1B2c1ccc(-n2c4ccc(C(C)(C)C)cc4c4cc(C(C)(C)C)ccc42)cc1N3c1ccc2c3ccccc3c3ccccc3c2c1. The van der Waals surface area contributed by atoms with E-state index in [0.29, 0.717) is 0 Å². The van der Waals surface area contributed by atoms with Gasteiger partial charge in [-0.15, -0.1) is 0 Å². The lowest BCUT2D eigenvalue weighted by atomic mass is 9.33. The fraction of sp³-hybridized carbons (Fsp3) is 0.160. The van der Waals surface area contributed by atoms with Gasteiger partial charge in [0, 0.05) is 67.0 Å². The Kier molecular flexibility index (Phi) is 13.5. The van der Waals surface area contributed by atoms with E-state index in [1.54, 1.807) is 0 Å². The minimum Gasteiger partial charge on any atom is -0.311 e. The van der Waals surface area contributed by atoms with Gasteiger partial charge in [-0.1, -0.05) is 259 Å². The standard InChI is InChI=1S/C100H83BN4/c1-97(2,3)62-34-46-88-82(52-62)83-53-63(98(4,5)6)35-47-89(83)102(88)68-40-44-86-92(58-68)104(66-38-42-78-74-30-18-16-26-70(74)72-28-20-22-32-76(72)80(78)56-66)94-50-61(60-24-14-13-15-25-60)51-95-96(94)101(86)87-45-41-69(103-90-48-36-64(99(7,8)9)54-84(90)85-55-65(100(10,11)12)37-49-91(85)103)59-93(87)105(95)67-39-43-79-75-31-19-17-27-71(75)73-29-21-23-33-77(73)81(79)57-67/h13-59H,1-12H3. The van der Waals surface area contributed by atoms with Crippen molar-refractivity contribution in [2.24, 2.45) is 0 Å². The molecule has 16 aromatic carbocycles. The van der Waals surface area contributed by atoms with E-state index in [1.807, 2.05) is 0 Å². The number of anilines is 6. The Hall–Kier alpha value is -11.7. The average molecular weight is 1350 g/mol. The third-order valence-corrected chi connectivity index (χ3v) is 23.6. The van der Waals surface area contributed by atoms with Gasteiger partial charge in [-0.2, -0.15) is 0 Å². The van der Waals surface area contributed by atoms with Crippen LogP contribution in [0.25, 0.3) is 131 Å². The van der Waals surface area contributed by atoms with Crippen LogP contribution in [0.3, 0.4) is 0 Å². The third kappa shape index (κ3) is 9.59. The number of nitrogens with zero attached hydrogens (tertiary/aromatic N) is 4. The van der Waals surface area contributed by atoms with Crippen LogP contribution < -0.4 is 26.2 Å². The average Bonchev–Trinajstić information content (AvgIpc) is 0.756. The normalized spacial score (nSPS) is 13.5. The molecular weight excluding hydrogens is 1270 g/mol. The molecule has 0 aliphatic carbocycles. The number of benzene rings is 16. The van der Waals surface area contributed by atoms with E-state index < -0.39 is 0 Å². The number of hydrogen-bond donors (Lipinski definition) is 0. The molecule has 4 heterocycles. The van der Waals surface area contributed by atoms with Gasteiger partial charge in [0.05, 0.1) is 22.1 Å². The first-order chi connectivity index (χ1) is 50.6. The van der Waals surface area contributed by atoms with E-state index in [9.17, 15) is 0 Å². The van der Waals surface area contributed by atoms with Crippen LogP contribution >= 0.6 is 0 Å². The maximum Gasteiger partial charge on any atom is 0.252 e. The summed E-state index contributed by atoms with van der Waals surface area (Å²) in [5.74, 6) is 0. The van der Waals surface area contributed by atoms with Crippen molar-refractivity contribution in [3.63, 3.8) is 0 Å². The van der Waals surface area contributed by atoms with Crippen molar-refractivity contribution in [3.8, 4) is 22.5 Å². The van der Waals surface area contributed by atoms with Gasteiger partial charge in [0.25, 0.3) is 6.71 Å². The van der Waals surface area contributed by atoms with Crippen LogP contribution in [-0.2, 0) is 21.7 Å². The molecule has 2 aliphatic heterocycles. The molecule has 18 aromatic rings. The summed E-state index contributed by atoms with van der Waals surface area (Å²) in [5, 5.41) is 20.1. The first-order valence-electron chi connectivity index (χ1n) is 37.6. The molecule has 105 heavy (non-hydrogen) atoms. The molecule has 0 amide bonds. The monoisotopic (exact) mass is 1350 g/mol. The van der Waals surface area contributed by atoms with Gasteiger partial charge in [-0.05, 0) is 245 Å². The Bertz CT molecular complexity index is 6180. The number of hydrogen-bond acceptors (Lipinski definition) is 2. The molecule has 4 nitrogen and oxygen atoms in total. The van der Waals surface area contributed by atoms with Crippen molar-refractivity contribution in [3.05, 3.63) is 307 Å². The Morgan fingerprint density at radius 1 is 0.210 bits per heavy atom. The van der Waals surface area contributed by atoms with E-state index >= 15 is 0 Å². The number of aromatic nitrogens is 2. The van der Waals surface area contributed by atoms with Crippen molar-refractivity contribution in [2.45, 2.75) is 105 Å². The largest absolute Gasteiger partial charge is 0.311 e. The Morgan fingerprint density at radius 3 is 0.810 bits per heavy atom. The quantitative estimate of drug-likeness (QED) is 0.126. The summed E-state index contributed by atoms with van der Waals surface area (Å²) in [5.41, 5.74) is 25.0. The van der Waals surface area contributed by atoms with Crippen LogP contribution in [0.15, 0.2) is 285 Å². The first kappa shape index (κ1) is 63.1. The van der Waals surface area contributed by atoms with Crippen LogP contribution in [0.5, 0.6) is 0 Å². The molecular formula is C100H83BN4. The van der Waals surface area contributed by atoms with Crippen LogP contribution in [0, 0.1) is 0 Å². The molecule has 5 heteroatoms. The molecule has 0 radical (unpaired) electrons. The molecule has 0 spiro atoms. The van der Waals surface area contributed by atoms with Gasteiger partial charge >= 0.3 is 0 Å². The predicted molar refractivity (Wildman–Crippen MR) is 454 cm³/mol. The van der Waals surface area contributed by atoms with Gasteiger partial charge in [0.15, 0.2) is 0 Å². The lowest BCUT2D eigenvalue weighted by molar-refractivity contribution is 0.590. The molecule has 0 unspecified atom stereocenters. The van der Waals surface area contributed by atoms with E-state index in [-0.39, 0.29) is 28.4 Å². The van der Waals surface area contributed by atoms with Crippen LogP contribution in [0.4, 0.5) is 34.1 Å². The highest BCUT2D eigenvalue weighted by Crippen LogP contribution is 2.51. The second-order valence-corrected chi connectivity index (χ2v) is 34.1. The van der Waals surface area contributed by atoms with Gasteiger partial charge in [-0.25, -0.2) is 0 Å². The summed E-state index contributed by atoms with van der Waals surface area (Å²) in [6.07, 6.45) is 0. The molecule has 20 rings (SSSR count). The number of fused-ring (bicyclic) bond motifs is 22. The summed E-state index contributed by atoms with van der Waals surface area (Å²) in [6, 6.07) is 111. The maximum atomic E-state index is 2.65. The second kappa shape index (κ2) is 22.4. The zero-order valence-corrected chi connectivity index (χ0v) is 62.0. The Morgan fingerprint density at radius 2 is 0.495 bits per heavy atom. The van der Waals surface area contributed by atoms with E-state index in [0.717, 1.165) is 56.6 Å². The summed E-state index contributed by atoms with van der Waals surface area (Å²) in [6.45, 7) is 27.8. The van der Waals surface area contributed by atoms with Crippen LogP contribution in [0.1, 0.15) is 105 Å². The van der Waals surface area contributed by atoms with E-state index in [1.165, 1.54) is 147 Å². The second-order valence-electron chi connectivity index (χ2n) is 34.1. The van der Waals surface area contributed by atoms with E-state index in [2.05, 4.69) is 387 Å². The van der Waals surface area contributed by atoms with Crippen molar-refractivity contribution < 1.29 is 0 Å². The lowest BCUT2D eigenvalue weighted by Gasteiger charge is -2.45. The highest BCUT2D eigenvalue weighted by atomic mass is 15.2. The molecule has 2 aliphatic rings. The predicted octanol–water partition coefficient (Wildman–Crippen LogP) is 25.7. The summed E-state index contributed by atoms with van der Waals surface area (Å²) < 4.78 is 5.11. The highest BCUT2D eigenvalue weighted by molar-refractivity contribution is 7.00. The summed E-state index contributed by atoms with van der Waals surface area (Å²) in [7, 11) is 0. The molecule has 506 valence electrons. The lowest BCUT2D eigenvalue weighted by Crippen LogP contribution is -2.61.